The molecule has 0 saturated carbocycles. The number of alkyl halides is 1. The Morgan fingerprint density at radius 2 is 2.12 bits per heavy atom. The summed E-state index contributed by atoms with van der Waals surface area (Å²) in [6.45, 7) is 5.02. The summed E-state index contributed by atoms with van der Waals surface area (Å²) < 4.78 is 0.901. The van der Waals surface area contributed by atoms with E-state index in [1.807, 2.05) is 16.3 Å². The van der Waals surface area contributed by atoms with E-state index in [2.05, 4.69) is 45.7 Å². The van der Waals surface area contributed by atoms with Gasteiger partial charge in [0.2, 0.25) is 0 Å². The summed E-state index contributed by atoms with van der Waals surface area (Å²) >= 11 is 8.35. The normalized spacial score (nSPS) is 10.9. The van der Waals surface area contributed by atoms with Gasteiger partial charge in [-0.05, 0) is 40.2 Å². The van der Waals surface area contributed by atoms with Gasteiger partial charge in [0.25, 0.3) is 5.91 Å². The molecule has 0 aliphatic rings. The zero-order chi connectivity index (χ0) is 12.8. The van der Waals surface area contributed by atoms with Crippen LogP contribution in [-0.2, 0) is 0 Å². The Morgan fingerprint density at radius 3 is 2.53 bits per heavy atom. The van der Waals surface area contributed by atoms with Gasteiger partial charge >= 0.3 is 0 Å². The number of carbonyl (C=O) groups excluding carboxylic acids is 1. The highest BCUT2D eigenvalue weighted by Crippen LogP contribution is 2.25. The van der Waals surface area contributed by atoms with Crippen molar-refractivity contribution in [2.24, 2.45) is 0 Å². The molecule has 0 spiro atoms. The van der Waals surface area contributed by atoms with Crippen LogP contribution in [0.4, 0.5) is 0 Å². The zero-order valence-corrected chi connectivity index (χ0v) is 14.1. The molecule has 17 heavy (non-hydrogen) atoms. The molecule has 0 aromatic carbocycles. The third kappa shape index (κ3) is 3.80. The second kappa shape index (κ2) is 7.54. The summed E-state index contributed by atoms with van der Waals surface area (Å²) in [4.78, 5) is 15.2. The number of rotatable bonds is 6. The number of halogens is 2. The van der Waals surface area contributed by atoms with Gasteiger partial charge in [-0.2, -0.15) is 0 Å². The van der Waals surface area contributed by atoms with Gasteiger partial charge in [-0.1, -0.05) is 29.8 Å². The Kier molecular flexibility index (Phi) is 6.74. The highest BCUT2D eigenvalue weighted by molar-refractivity contribution is 9.10. The van der Waals surface area contributed by atoms with Gasteiger partial charge in [-0.25, -0.2) is 0 Å². The van der Waals surface area contributed by atoms with E-state index in [1.54, 1.807) is 0 Å². The second-order valence-corrected chi connectivity index (χ2v) is 6.32. The highest BCUT2D eigenvalue weighted by Gasteiger charge is 2.24. The minimum Gasteiger partial charge on any atom is -0.334 e. The van der Waals surface area contributed by atoms with Crippen molar-refractivity contribution in [3.8, 4) is 0 Å². The first-order valence-electron chi connectivity index (χ1n) is 5.75. The molecular formula is C12H17Br2NOS. The minimum absolute atomic E-state index is 0.139. The van der Waals surface area contributed by atoms with E-state index in [4.69, 9.17) is 0 Å². The Hall–Kier alpha value is 0.130. The fourth-order valence-corrected chi connectivity index (χ4v) is 3.73. The number of nitrogens with zero attached hydrogens (tertiary/aromatic N) is 1. The van der Waals surface area contributed by atoms with E-state index in [9.17, 15) is 4.79 Å². The standard InChI is InChI=1S/C12H17Br2NOS/c1-3-9(4-2)15(7-6-13)12(16)11-10(14)5-8-17-11/h5,8-9H,3-4,6-7H2,1-2H3. The van der Waals surface area contributed by atoms with Crippen LogP contribution in [0.25, 0.3) is 0 Å². The second-order valence-electron chi connectivity index (χ2n) is 3.76. The van der Waals surface area contributed by atoms with Gasteiger partial charge in [0.05, 0.1) is 0 Å². The summed E-state index contributed by atoms with van der Waals surface area (Å²) in [5.74, 6) is 0.139. The largest absolute Gasteiger partial charge is 0.334 e. The molecule has 96 valence electrons. The molecule has 0 aliphatic heterocycles. The lowest BCUT2D eigenvalue weighted by Crippen LogP contribution is -2.40. The van der Waals surface area contributed by atoms with Gasteiger partial charge < -0.3 is 4.90 Å². The lowest BCUT2D eigenvalue weighted by Gasteiger charge is -2.29. The quantitative estimate of drug-likeness (QED) is 0.661. The first-order valence-corrected chi connectivity index (χ1v) is 8.55. The number of amides is 1. The van der Waals surface area contributed by atoms with E-state index in [0.717, 1.165) is 34.1 Å². The number of carbonyl (C=O) groups is 1. The Balaban J connectivity index is 2.91. The Bertz CT molecular complexity index is 363. The molecule has 1 aromatic heterocycles. The van der Waals surface area contributed by atoms with Crippen molar-refractivity contribution >= 4 is 49.1 Å². The molecule has 0 aliphatic carbocycles. The van der Waals surface area contributed by atoms with Crippen LogP contribution in [0.2, 0.25) is 0 Å². The lowest BCUT2D eigenvalue weighted by atomic mass is 10.1. The molecule has 1 aromatic rings. The van der Waals surface area contributed by atoms with Crippen molar-refractivity contribution in [1.82, 2.24) is 4.90 Å². The van der Waals surface area contributed by atoms with Crippen LogP contribution in [0.1, 0.15) is 36.4 Å². The molecular weight excluding hydrogens is 366 g/mol. The topological polar surface area (TPSA) is 20.3 Å². The van der Waals surface area contributed by atoms with Crippen molar-refractivity contribution in [2.45, 2.75) is 32.7 Å². The molecule has 0 fully saturated rings. The molecule has 2 nitrogen and oxygen atoms in total. The summed E-state index contributed by atoms with van der Waals surface area (Å²) in [6.07, 6.45) is 2.00. The van der Waals surface area contributed by atoms with Gasteiger partial charge in [-0.15, -0.1) is 11.3 Å². The van der Waals surface area contributed by atoms with Crippen LogP contribution >= 0.6 is 43.2 Å². The third-order valence-corrected chi connectivity index (χ3v) is 4.96. The van der Waals surface area contributed by atoms with Crippen LogP contribution < -0.4 is 0 Å². The lowest BCUT2D eigenvalue weighted by molar-refractivity contribution is 0.0687. The van der Waals surface area contributed by atoms with Crippen LogP contribution in [0.15, 0.2) is 15.9 Å². The summed E-state index contributed by atoms with van der Waals surface area (Å²) in [5, 5.41) is 2.76. The number of hydrogen-bond donors (Lipinski definition) is 0. The molecule has 1 heterocycles. The highest BCUT2D eigenvalue weighted by atomic mass is 79.9. The van der Waals surface area contributed by atoms with Crippen LogP contribution in [0.3, 0.4) is 0 Å². The fraction of sp³-hybridized carbons (Fsp3) is 0.583. The molecule has 0 unspecified atom stereocenters. The maximum atomic E-state index is 12.5. The van der Waals surface area contributed by atoms with Crippen molar-refractivity contribution in [2.75, 3.05) is 11.9 Å². The molecule has 1 rings (SSSR count). The first-order chi connectivity index (χ1) is 8.15. The monoisotopic (exact) mass is 381 g/mol. The molecule has 0 bridgehead atoms. The van der Waals surface area contributed by atoms with Crippen LogP contribution in [-0.4, -0.2) is 28.7 Å². The van der Waals surface area contributed by atoms with Crippen molar-refractivity contribution in [1.29, 1.82) is 0 Å². The predicted octanol–water partition coefficient (Wildman–Crippen LogP) is 4.54. The van der Waals surface area contributed by atoms with E-state index >= 15 is 0 Å². The van der Waals surface area contributed by atoms with E-state index in [0.29, 0.717) is 6.04 Å². The van der Waals surface area contributed by atoms with Crippen molar-refractivity contribution in [3.63, 3.8) is 0 Å². The Labute approximate surface area is 124 Å². The maximum Gasteiger partial charge on any atom is 0.265 e. The van der Waals surface area contributed by atoms with Gasteiger partial charge in [-0.3, -0.25) is 4.79 Å². The molecule has 1 amide bonds. The average Bonchev–Trinajstić information content (AvgIpc) is 2.75. The predicted molar refractivity (Wildman–Crippen MR) is 81.2 cm³/mol. The molecule has 0 N–H and O–H groups in total. The average molecular weight is 383 g/mol. The minimum atomic E-state index is 0.139. The molecule has 0 atom stereocenters. The SMILES string of the molecule is CCC(CC)N(CCBr)C(=O)c1sccc1Br. The number of hydrogen-bond acceptors (Lipinski definition) is 2. The first kappa shape index (κ1) is 15.2. The summed E-state index contributed by atoms with van der Waals surface area (Å²) in [5.41, 5.74) is 0. The van der Waals surface area contributed by atoms with Crippen molar-refractivity contribution < 1.29 is 4.79 Å². The van der Waals surface area contributed by atoms with E-state index in [1.165, 1.54) is 11.3 Å². The zero-order valence-electron chi connectivity index (χ0n) is 10.1. The van der Waals surface area contributed by atoms with Gasteiger partial charge in [0.1, 0.15) is 4.88 Å². The van der Waals surface area contributed by atoms with Crippen LogP contribution in [0, 0.1) is 0 Å². The summed E-state index contributed by atoms with van der Waals surface area (Å²) in [7, 11) is 0. The molecule has 5 heteroatoms. The molecule has 0 saturated heterocycles. The summed E-state index contributed by atoms with van der Waals surface area (Å²) in [6, 6.07) is 2.26. The molecule has 0 radical (unpaired) electrons. The third-order valence-electron chi connectivity index (χ3n) is 2.78. The van der Waals surface area contributed by atoms with Crippen molar-refractivity contribution in [3.05, 3.63) is 20.8 Å². The van der Waals surface area contributed by atoms with E-state index < -0.39 is 0 Å². The van der Waals surface area contributed by atoms with E-state index in [-0.39, 0.29) is 5.91 Å². The smallest absolute Gasteiger partial charge is 0.265 e. The maximum absolute atomic E-state index is 12.5. The van der Waals surface area contributed by atoms with Gasteiger partial charge in [0, 0.05) is 22.4 Å². The fourth-order valence-electron chi connectivity index (χ4n) is 1.85. The Morgan fingerprint density at radius 1 is 1.47 bits per heavy atom. The van der Waals surface area contributed by atoms with Gasteiger partial charge in [0.15, 0.2) is 0 Å². The number of thiophene rings is 1. The van der Waals surface area contributed by atoms with Crippen LogP contribution in [0.5, 0.6) is 0 Å².